The van der Waals surface area contributed by atoms with E-state index in [4.69, 9.17) is 10.5 Å². The minimum Gasteiger partial charge on any atom is -0.491 e. The zero-order chi connectivity index (χ0) is 14.1. The van der Waals surface area contributed by atoms with Crippen molar-refractivity contribution in [2.75, 3.05) is 26.2 Å². The van der Waals surface area contributed by atoms with Gasteiger partial charge in [0, 0.05) is 13.1 Å². The number of aliphatic hydroxyl groups excluding tert-OH is 1. The molecule has 0 aromatic heterocycles. The van der Waals surface area contributed by atoms with Gasteiger partial charge in [-0.25, -0.2) is 0 Å². The smallest absolute Gasteiger partial charge is 0.119 e. The van der Waals surface area contributed by atoms with E-state index in [0.29, 0.717) is 19.7 Å². The molecule has 0 aliphatic heterocycles. The van der Waals surface area contributed by atoms with Crippen molar-refractivity contribution in [3.63, 3.8) is 0 Å². The summed E-state index contributed by atoms with van der Waals surface area (Å²) in [5, 5.41) is 9.97. The van der Waals surface area contributed by atoms with Crippen LogP contribution in [0.5, 0.6) is 5.75 Å². The van der Waals surface area contributed by atoms with E-state index < -0.39 is 6.10 Å². The van der Waals surface area contributed by atoms with Crippen molar-refractivity contribution in [2.24, 2.45) is 5.73 Å². The maximum atomic E-state index is 9.97. The highest BCUT2D eigenvalue weighted by molar-refractivity contribution is 5.28. The van der Waals surface area contributed by atoms with Crippen molar-refractivity contribution in [3.8, 4) is 5.75 Å². The molecule has 1 atom stereocenters. The van der Waals surface area contributed by atoms with Crippen LogP contribution in [-0.2, 0) is 6.54 Å². The van der Waals surface area contributed by atoms with E-state index in [1.54, 1.807) is 0 Å². The van der Waals surface area contributed by atoms with Gasteiger partial charge in [0.1, 0.15) is 18.5 Å². The summed E-state index contributed by atoms with van der Waals surface area (Å²) in [4.78, 5) is 2.23. The van der Waals surface area contributed by atoms with Gasteiger partial charge >= 0.3 is 0 Å². The van der Waals surface area contributed by atoms with Crippen LogP contribution < -0.4 is 10.5 Å². The molecule has 4 heteroatoms. The first-order valence-corrected chi connectivity index (χ1v) is 7.01. The molecule has 108 valence electrons. The summed E-state index contributed by atoms with van der Waals surface area (Å²) in [6, 6.07) is 7.68. The van der Waals surface area contributed by atoms with E-state index in [1.165, 1.54) is 0 Å². The van der Waals surface area contributed by atoms with Crippen LogP contribution in [0.2, 0.25) is 0 Å². The summed E-state index contributed by atoms with van der Waals surface area (Å²) >= 11 is 0. The zero-order valence-corrected chi connectivity index (χ0v) is 12.0. The molecule has 0 spiro atoms. The van der Waals surface area contributed by atoms with Crippen LogP contribution in [0.3, 0.4) is 0 Å². The van der Waals surface area contributed by atoms with Crippen molar-refractivity contribution < 1.29 is 9.84 Å². The number of aliphatic hydroxyl groups is 1. The van der Waals surface area contributed by atoms with Gasteiger partial charge in [0.25, 0.3) is 0 Å². The largest absolute Gasteiger partial charge is 0.491 e. The SMILES string of the molecule is CCCN(CC)CC(O)COc1cccc(CN)c1. The molecule has 1 unspecified atom stereocenters. The molecule has 1 aromatic rings. The molecule has 1 rings (SSSR count). The molecule has 0 bridgehead atoms. The average Bonchev–Trinajstić information content (AvgIpc) is 2.45. The van der Waals surface area contributed by atoms with Gasteiger partial charge in [-0.3, -0.25) is 0 Å². The van der Waals surface area contributed by atoms with Crippen molar-refractivity contribution in [1.29, 1.82) is 0 Å². The molecular formula is C15H26N2O2. The lowest BCUT2D eigenvalue weighted by molar-refractivity contribution is 0.0699. The number of likely N-dealkylation sites (N-methyl/N-ethyl adjacent to an activating group) is 1. The maximum absolute atomic E-state index is 9.97. The van der Waals surface area contributed by atoms with Crippen LogP contribution >= 0.6 is 0 Å². The second-order valence-corrected chi connectivity index (χ2v) is 4.71. The number of benzene rings is 1. The Bertz CT molecular complexity index is 358. The van der Waals surface area contributed by atoms with Crippen molar-refractivity contribution in [2.45, 2.75) is 32.9 Å². The Hall–Kier alpha value is -1.10. The molecule has 4 nitrogen and oxygen atoms in total. The van der Waals surface area contributed by atoms with Crippen molar-refractivity contribution in [3.05, 3.63) is 29.8 Å². The number of hydrogen-bond donors (Lipinski definition) is 2. The topological polar surface area (TPSA) is 58.7 Å². The Kier molecular flexibility index (Phi) is 7.48. The normalized spacial score (nSPS) is 12.7. The van der Waals surface area contributed by atoms with Gasteiger partial charge in [-0.1, -0.05) is 26.0 Å². The lowest BCUT2D eigenvalue weighted by Crippen LogP contribution is -2.36. The van der Waals surface area contributed by atoms with Gasteiger partial charge < -0.3 is 20.5 Å². The first kappa shape index (κ1) is 16.0. The van der Waals surface area contributed by atoms with E-state index >= 15 is 0 Å². The number of nitrogens with zero attached hydrogens (tertiary/aromatic N) is 1. The highest BCUT2D eigenvalue weighted by Crippen LogP contribution is 2.13. The third kappa shape index (κ3) is 6.05. The fourth-order valence-electron chi connectivity index (χ4n) is 2.00. The van der Waals surface area contributed by atoms with Crippen molar-refractivity contribution >= 4 is 0 Å². The van der Waals surface area contributed by atoms with E-state index in [2.05, 4.69) is 18.7 Å². The molecule has 0 fully saturated rings. The third-order valence-corrected chi connectivity index (χ3v) is 3.03. The van der Waals surface area contributed by atoms with Crippen molar-refractivity contribution in [1.82, 2.24) is 4.90 Å². The Balaban J connectivity index is 2.38. The lowest BCUT2D eigenvalue weighted by atomic mass is 10.2. The first-order valence-electron chi connectivity index (χ1n) is 7.01. The molecule has 0 radical (unpaired) electrons. The molecule has 3 N–H and O–H groups in total. The summed E-state index contributed by atoms with van der Waals surface area (Å²) in [5.74, 6) is 0.764. The Morgan fingerprint density at radius 2 is 2.16 bits per heavy atom. The summed E-state index contributed by atoms with van der Waals surface area (Å²) in [6.45, 7) is 7.68. The Morgan fingerprint density at radius 1 is 1.37 bits per heavy atom. The second-order valence-electron chi connectivity index (χ2n) is 4.71. The fraction of sp³-hybridized carbons (Fsp3) is 0.600. The van der Waals surface area contributed by atoms with Crippen LogP contribution in [-0.4, -0.2) is 42.4 Å². The molecule has 0 heterocycles. The van der Waals surface area contributed by atoms with Gasteiger partial charge in [0.05, 0.1) is 0 Å². The summed E-state index contributed by atoms with van der Waals surface area (Å²) in [6.07, 6.45) is 0.632. The number of rotatable bonds is 9. The molecule has 0 amide bonds. The molecule has 19 heavy (non-hydrogen) atoms. The van der Waals surface area contributed by atoms with E-state index in [0.717, 1.165) is 30.8 Å². The maximum Gasteiger partial charge on any atom is 0.119 e. The minimum atomic E-state index is -0.465. The van der Waals surface area contributed by atoms with E-state index in [1.807, 2.05) is 24.3 Å². The van der Waals surface area contributed by atoms with Crippen LogP contribution in [0.25, 0.3) is 0 Å². The predicted molar refractivity (Wildman–Crippen MR) is 78.2 cm³/mol. The number of ether oxygens (including phenoxy) is 1. The second kappa shape index (κ2) is 8.91. The Labute approximate surface area is 116 Å². The summed E-state index contributed by atoms with van der Waals surface area (Å²) in [7, 11) is 0. The van der Waals surface area contributed by atoms with Crippen LogP contribution in [0.15, 0.2) is 24.3 Å². The lowest BCUT2D eigenvalue weighted by Gasteiger charge is -2.23. The highest BCUT2D eigenvalue weighted by Gasteiger charge is 2.10. The van der Waals surface area contributed by atoms with Gasteiger partial charge in [-0.15, -0.1) is 0 Å². The first-order chi connectivity index (χ1) is 9.19. The number of hydrogen-bond acceptors (Lipinski definition) is 4. The molecule has 0 aliphatic carbocycles. The van der Waals surface area contributed by atoms with Gasteiger partial charge in [-0.05, 0) is 37.2 Å². The fourth-order valence-corrected chi connectivity index (χ4v) is 2.00. The Morgan fingerprint density at radius 3 is 2.79 bits per heavy atom. The quantitative estimate of drug-likeness (QED) is 0.713. The van der Waals surface area contributed by atoms with Crippen LogP contribution in [0, 0.1) is 0 Å². The van der Waals surface area contributed by atoms with Gasteiger partial charge in [0.2, 0.25) is 0 Å². The van der Waals surface area contributed by atoms with E-state index in [-0.39, 0.29) is 0 Å². The molecule has 0 saturated heterocycles. The van der Waals surface area contributed by atoms with Gasteiger partial charge in [0.15, 0.2) is 0 Å². The highest BCUT2D eigenvalue weighted by atomic mass is 16.5. The monoisotopic (exact) mass is 266 g/mol. The van der Waals surface area contributed by atoms with Gasteiger partial charge in [-0.2, -0.15) is 0 Å². The molecule has 1 aromatic carbocycles. The van der Waals surface area contributed by atoms with Crippen LogP contribution in [0.4, 0.5) is 0 Å². The van der Waals surface area contributed by atoms with Crippen LogP contribution in [0.1, 0.15) is 25.8 Å². The third-order valence-electron chi connectivity index (χ3n) is 3.03. The standard InChI is InChI=1S/C15H26N2O2/c1-3-8-17(4-2)11-14(18)12-19-15-7-5-6-13(9-15)10-16/h5-7,9,14,18H,3-4,8,10-12,16H2,1-2H3. The molecule has 0 saturated carbocycles. The predicted octanol–water partition coefficient (Wildman–Crippen LogP) is 1.62. The molecular weight excluding hydrogens is 240 g/mol. The minimum absolute atomic E-state index is 0.314. The number of nitrogens with two attached hydrogens (primary N) is 1. The summed E-state index contributed by atoms with van der Waals surface area (Å²) < 4.78 is 5.60. The summed E-state index contributed by atoms with van der Waals surface area (Å²) in [5.41, 5.74) is 6.62. The molecule has 0 aliphatic rings. The van der Waals surface area contributed by atoms with E-state index in [9.17, 15) is 5.11 Å². The average molecular weight is 266 g/mol. The zero-order valence-electron chi connectivity index (χ0n) is 12.0.